The largest absolute Gasteiger partial charge is 0.351 e. The Kier molecular flexibility index (Phi) is 3.22. The molecule has 0 fully saturated rings. The summed E-state index contributed by atoms with van der Waals surface area (Å²) in [6.45, 7) is 1.89. The van der Waals surface area contributed by atoms with Crippen LogP contribution in [0.1, 0.15) is 6.92 Å². The van der Waals surface area contributed by atoms with Crippen molar-refractivity contribution in [3.63, 3.8) is 0 Å². The summed E-state index contributed by atoms with van der Waals surface area (Å²) in [5.74, 6) is 0.407. The molecule has 0 aliphatic rings. The zero-order chi connectivity index (χ0) is 8.97. The van der Waals surface area contributed by atoms with E-state index in [0.717, 1.165) is 12.4 Å². The fraction of sp³-hybridized carbons (Fsp3) is 0.429. The number of hydrogen-bond donors (Lipinski definition) is 1. The summed E-state index contributed by atoms with van der Waals surface area (Å²) in [5, 5.41) is 2.90. The van der Waals surface area contributed by atoms with Crippen LogP contribution in [0, 0.1) is 5.82 Å². The van der Waals surface area contributed by atoms with Gasteiger partial charge in [-0.15, -0.1) is 11.6 Å². The van der Waals surface area contributed by atoms with E-state index in [1.54, 1.807) is 0 Å². The Morgan fingerprint density at radius 2 is 2.17 bits per heavy atom. The van der Waals surface area contributed by atoms with Crippen molar-refractivity contribution >= 4 is 17.5 Å². The quantitative estimate of drug-likeness (QED) is 0.735. The van der Waals surface area contributed by atoms with Crippen molar-refractivity contribution in [3.8, 4) is 0 Å². The van der Waals surface area contributed by atoms with E-state index in [4.69, 9.17) is 11.6 Å². The van der Waals surface area contributed by atoms with Crippen molar-refractivity contribution in [2.75, 3.05) is 11.2 Å². The van der Waals surface area contributed by atoms with Crippen LogP contribution in [0.3, 0.4) is 0 Å². The predicted molar refractivity (Wildman–Crippen MR) is 45.8 cm³/mol. The van der Waals surface area contributed by atoms with Gasteiger partial charge >= 0.3 is 0 Å². The Morgan fingerprint density at radius 1 is 1.58 bits per heavy atom. The number of hydrogen-bond acceptors (Lipinski definition) is 3. The molecule has 1 aromatic heterocycles. The van der Waals surface area contributed by atoms with Gasteiger partial charge in [0.25, 0.3) is 0 Å². The number of aromatic nitrogens is 2. The summed E-state index contributed by atoms with van der Waals surface area (Å²) in [6.07, 6.45) is 2.21. The maximum absolute atomic E-state index is 12.3. The molecule has 0 aromatic carbocycles. The third-order valence-corrected chi connectivity index (χ3v) is 1.69. The monoisotopic (exact) mass is 189 g/mol. The molecule has 3 nitrogen and oxygen atoms in total. The van der Waals surface area contributed by atoms with Gasteiger partial charge in [-0.2, -0.15) is 0 Å². The van der Waals surface area contributed by atoms with Crippen LogP contribution in [0.15, 0.2) is 12.4 Å². The first-order valence-electron chi connectivity index (χ1n) is 3.52. The molecular weight excluding hydrogens is 181 g/mol. The van der Waals surface area contributed by atoms with Gasteiger partial charge in [-0.3, -0.25) is 0 Å². The Morgan fingerprint density at radius 3 is 2.67 bits per heavy atom. The lowest BCUT2D eigenvalue weighted by Crippen LogP contribution is -2.18. The molecule has 0 amide bonds. The normalized spacial score (nSPS) is 12.6. The highest BCUT2D eigenvalue weighted by atomic mass is 35.5. The van der Waals surface area contributed by atoms with E-state index >= 15 is 0 Å². The van der Waals surface area contributed by atoms with Crippen LogP contribution in [0.5, 0.6) is 0 Å². The van der Waals surface area contributed by atoms with Crippen LogP contribution < -0.4 is 5.32 Å². The van der Waals surface area contributed by atoms with Gasteiger partial charge in [0.2, 0.25) is 5.95 Å². The van der Waals surface area contributed by atoms with Crippen LogP contribution in [-0.4, -0.2) is 21.9 Å². The van der Waals surface area contributed by atoms with Gasteiger partial charge in [-0.25, -0.2) is 14.4 Å². The van der Waals surface area contributed by atoms with E-state index in [2.05, 4.69) is 15.3 Å². The zero-order valence-electron chi connectivity index (χ0n) is 6.59. The van der Waals surface area contributed by atoms with Gasteiger partial charge in [0.1, 0.15) is 0 Å². The minimum Gasteiger partial charge on any atom is -0.351 e. The Hall–Kier alpha value is -0.900. The van der Waals surface area contributed by atoms with Crippen molar-refractivity contribution in [1.29, 1.82) is 0 Å². The SMILES string of the molecule is CC(CCl)Nc1ncc(F)cn1. The molecule has 1 rings (SSSR count). The Balaban J connectivity index is 2.58. The van der Waals surface area contributed by atoms with Crippen molar-refractivity contribution in [2.45, 2.75) is 13.0 Å². The highest BCUT2D eigenvalue weighted by Crippen LogP contribution is 2.01. The molecule has 1 aromatic rings. The highest BCUT2D eigenvalue weighted by molar-refractivity contribution is 6.18. The number of halogens is 2. The summed E-state index contributed by atoms with van der Waals surface area (Å²) >= 11 is 5.54. The first-order valence-corrected chi connectivity index (χ1v) is 4.06. The van der Waals surface area contributed by atoms with Gasteiger partial charge in [0.05, 0.1) is 12.4 Å². The van der Waals surface area contributed by atoms with E-state index in [9.17, 15) is 4.39 Å². The first kappa shape index (κ1) is 9.19. The van der Waals surface area contributed by atoms with Crippen molar-refractivity contribution < 1.29 is 4.39 Å². The summed E-state index contributed by atoms with van der Waals surface area (Å²) in [6, 6.07) is 0.0807. The van der Waals surface area contributed by atoms with Crippen molar-refractivity contribution in [1.82, 2.24) is 9.97 Å². The van der Waals surface area contributed by atoms with Crippen LogP contribution in [0.4, 0.5) is 10.3 Å². The average molecular weight is 190 g/mol. The van der Waals surface area contributed by atoms with Gasteiger partial charge in [0.15, 0.2) is 5.82 Å². The van der Waals surface area contributed by atoms with Crippen LogP contribution in [0.2, 0.25) is 0 Å². The third kappa shape index (κ3) is 2.62. The minimum atomic E-state index is -0.445. The fourth-order valence-corrected chi connectivity index (χ4v) is 0.723. The smallest absolute Gasteiger partial charge is 0.223 e. The topological polar surface area (TPSA) is 37.8 Å². The summed E-state index contributed by atoms with van der Waals surface area (Å²) < 4.78 is 12.3. The third-order valence-electron chi connectivity index (χ3n) is 1.23. The second-order valence-electron chi connectivity index (χ2n) is 2.42. The molecule has 0 aliphatic heterocycles. The molecule has 0 bridgehead atoms. The van der Waals surface area contributed by atoms with Gasteiger partial charge in [-0.1, -0.05) is 0 Å². The number of anilines is 1. The van der Waals surface area contributed by atoms with E-state index in [1.807, 2.05) is 6.92 Å². The molecular formula is C7H9ClFN3. The maximum Gasteiger partial charge on any atom is 0.223 e. The molecule has 0 saturated heterocycles. The molecule has 0 saturated carbocycles. The molecule has 0 aliphatic carbocycles. The standard InChI is InChI=1S/C7H9ClFN3/c1-5(2-8)12-7-10-3-6(9)4-11-7/h3-5H,2H2,1H3,(H,10,11,12). The lowest BCUT2D eigenvalue weighted by molar-refractivity contribution is 0.613. The van der Waals surface area contributed by atoms with Crippen molar-refractivity contribution in [3.05, 3.63) is 18.2 Å². The van der Waals surface area contributed by atoms with Gasteiger partial charge in [-0.05, 0) is 6.92 Å². The molecule has 5 heteroatoms. The summed E-state index contributed by atoms with van der Waals surface area (Å²) in [7, 11) is 0. The van der Waals surface area contributed by atoms with E-state index in [0.29, 0.717) is 11.8 Å². The Labute approximate surface area is 75.0 Å². The molecule has 1 N–H and O–H groups in total. The lowest BCUT2D eigenvalue weighted by atomic mass is 10.4. The van der Waals surface area contributed by atoms with E-state index in [1.165, 1.54) is 0 Å². The average Bonchev–Trinajstić information content (AvgIpc) is 2.09. The molecule has 0 radical (unpaired) electrons. The zero-order valence-corrected chi connectivity index (χ0v) is 7.35. The van der Waals surface area contributed by atoms with E-state index in [-0.39, 0.29) is 6.04 Å². The number of nitrogens with one attached hydrogen (secondary N) is 1. The first-order chi connectivity index (χ1) is 5.72. The second-order valence-corrected chi connectivity index (χ2v) is 2.73. The van der Waals surface area contributed by atoms with Crippen molar-refractivity contribution in [2.24, 2.45) is 0 Å². The Bertz CT molecular complexity index is 239. The summed E-state index contributed by atoms with van der Waals surface area (Å²) in [5.41, 5.74) is 0. The number of nitrogens with zero attached hydrogens (tertiary/aromatic N) is 2. The second kappa shape index (κ2) is 4.21. The number of rotatable bonds is 3. The molecule has 12 heavy (non-hydrogen) atoms. The molecule has 1 unspecified atom stereocenters. The molecule has 0 spiro atoms. The van der Waals surface area contributed by atoms with Crippen LogP contribution >= 0.6 is 11.6 Å². The minimum absolute atomic E-state index is 0.0807. The van der Waals surface area contributed by atoms with Gasteiger partial charge in [0, 0.05) is 11.9 Å². The van der Waals surface area contributed by atoms with Gasteiger partial charge < -0.3 is 5.32 Å². The highest BCUT2D eigenvalue weighted by Gasteiger charge is 2.01. The number of alkyl halides is 1. The molecule has 1 atom stereocenters. The van der Waals surface area contributed by atoms with E-state index < -0.39 is 5.82 Å². The van der Waals surface area contributed by atoms with Crippen LogP contribution in [0.25, 0.3) is 0 Å². The van der Waals surface area contributed by atoms with Crippen LogP contribution in [-0.2, 0) is 0 Å². The lowest BCUT2D eigenvalue weighted by Gasteiger charge is -2.08. The summed E-state index contributed by atoms with van der Waals surface area (Å²) in [4.78, 5) is 7.42. The fourth-order valence-electron chi connectivity index (χ4n) is 0.646. The predicted octanol–water partition coefficient (Wildman–Crippen LogP) is 1.65. The maximum atomic E-state index is 12.3. The molecule has 1 heterocycles. The molecule has 66 valence electrons.